The van der Waals surface area contributed by atoms with Gasteiger partial charge in [0.05, 0.1) is 78.7 Å². The molecule has 2 saturated heterocycles. The van der Waals surface area contributed by atoms with Crippen molar-refractivity contribution in [3.8, 4) is 10.4 Å². The summed E-state index contributed by atoms with van der Waals surface area (Å²) in [6.45, 7) is 19.7. The molecule has 1 unspecified atom stereocenters. The van der Waals surface area contributed by atoms with E-state index >= 15 is 0 Å². The molecule has 0 aliphatic carbocycles. The number of amides is 3. The zero-order valence-corrected chi connectivity index (χ0v) is 49.5. The highest BCUT2D eigenvalue weighted by atomic mass is 32.2. The molecule has 3 aromatic carbocycles. The highest BCUT2D eigenvalue weighted by Gasteiger charge is 2.43. The average Bonchev–Trinajstić information content (AvgIpc) is 4.13. The molecule has 0 saturated carbocycles. The molecule has 4 heterocycles. The SMILES string of the molecule is Cc1cnc(Nc2ccc(N3CCN(CC(=O)NCCOCCOCCC(=O)NN(C)C(C(=O)N4C[C@H](O)C/C4=C(\O)NCc4ccc(-c5scnc5C)cc4)C(C)(C)C)CC3)cc2)nc1Nc1cccc(S(=O)(=O)NC(C)(C)C)c1. The van der Waals surface area contributed by atoms with Gasteiger partial charge >= 0.3 is 0 Å². The second kappa shape index (κ2) is 27.8. The van der Waals surface area contributed by atoms with Gasteiger partial charge in [-0.3, -0.25) is 24.7 Å². The highest BCUT2D eigenvalue weighted by molar-refractivity contribution is 7.89. The van der Waals surface area contributed by atoms with Crippen LogP contribution in [0.4, 0.5) is 28.8 Å². The van der Waals surface area contributed by atoms with Crippen LogP contribution in [0.3, 0.4) is 0 Å². The lowest BCUT2D eigenvalue weighted by atomic mass is 9.85. The number of carbonyl (C=O) groups is 3. The minimum Gasteiger partial charge on any atom is -0.494 e. The Balaban J connectivity index is 0.750. The summed E-state index contributed by atoms with van der Waals surface area (Å²) in [5, 5.41) is 35.7. The minimum absolute atomic E-state index is 0.00162. The fraction of sp³-hybridized carbons (Fsp3) is 0.474. The number of rotatable bonds is 25. The Bertz CT molecular complexity index is 3070. The average molecular weight is 1150 g/mol. The Morgan fingerprint density at radius 1 is 0.852 bits per heavy atom. The molecule has 81 heavy (non-hydrogen) atoms. The van der Waals surface area contributed by atoms with E-state index in [1.165, 1.54) is 9.91 Å². The van der Waals surface area contributed by atoms with Gasteiger partial charge < -0.3 is 50.8 Å². The molecule has 2 atom stereocenters. The maximum absolute atomic E-state index is 14.2. The molecule has 2 aromatic heterocycles. The number of carbonyl (C=O) groups excluding carboxylic acids is 3. The predicted molar refractivity (Wildman–Crippen MR) is 314 cm³/mol. The third-order valence-electron chi connectivity index (χ3n) is 13.3. The van der Waals surface area contributed by atoms with Crippen molar-refractivity contribution in [1.82, 2.24) is 50.5 Å². The van der Waals surface area contributed by atoms with E-state index in [1.54, 1.807) is 69.6 Å². The molecule has 0 bridgehead atoms. The Morgan fingerprint density at radius 3 is 2.22 bits per heavy atom. The van der Waals surface area contributed by atoms with E-state index in [0.29, 0.717) is 37.1 Å². The molecule has 2 fully saturated rings. The standard InChI is InChI=1S/C57H79N13O9S2/c1-38-33-60-55(64-52(38)62-43-11-10-12-46(31-43)81(76,77)66-57(6,7)8)63-42-17-19-44(20-18-42)69-25-23-68(24-26-69)36-49(73)58-22-28-79-30-29-78-27-21-48(72)65-67(9)51(56(3,4)5)54(75)70-35-45(71)32-47(70)53(74)59-34-40-13-15-41(16-14-40)50-39(2)61-37-80-50/h10-20,31,33,37,45,51,59,66,71,74H,21-30,32,34-36H2,1-9H3,(H,58,73)(H,65,72)(H2,60,62,63,64)/b53-47+/t45-,51?/m1/s1. The van der Waals surface area contributed by atoms with E-state index in [2.05, 4.69) is 56.2 Å². The zero-order chi connectivity index (χ0) is 58.5. The van der Waals surface area contributed by atoms with Crippen LogP contribution in [0, 0.1) is 19.3 Å². The number of β-amino-alcohol motifs (C(OH)–C–C–N with tert-alkyl or cyclic N) is 1. The number of nitrogens with one attached hydrogen (secondary N) is 6. The van der Waals surface area contributed by atoms with Crippen LogP contribution in [0.15, 0.2) is 101 Å². The predicted octanol–water partition coefficient (Wildman–Crippen LogP) is 5.93. The molecule has 3 amide bonds. The van der Waals surface area contributed by atoms with E-state index < -0.39 is 33.1 Å². The number of sulfonamides is 1. The summed E-state index contributed by atoms with van der Waals surface area (Å²) in [5.74, 6) is -0.0850. The van der Waals surface area contributed by atoms with Gasteiger partial charge in [-0.05, 0) is 93.6 Å². The van der Waals surface area contributed by atoms with Gasteiger partial charge in [-0.25, -0.2) is 28.1 Å². The largest absolute Gasteiger partial charge is 0.494 e. The van der Waals surface area contributed by atoms with Crippen LogP contribution in [-0.2, 0) is 40.4 Å². The summed E-state index contributed by atoms with van der Waals surface area (Å²) in [4.78, 5) is 60.5. The Morgan fingerprint density at radius 2 is 1.56 bits per heavy atom. The Labute approximate surface area is 479 Å². The summed E-state index contributed by atoms with van der Waals surface area (Å²) in [7, 11) is -2.10. The van der Waals surface area contributed by atoms with Crippen LogP contribution in [-0.4, -0.2) is 163 Å². The second-order valence-electron chi connectivity index (χ2n) is 22.3. The first kappa shape index (κ1) is 61.8. The van der Waals surface area contributed by atoms with Crippen LogP contribution in [0.25, 0.3) is 10.4 Å². The van der Waals surface area contributed by atoms with Gasteiger partial charge in [0.2, 0.25) is 39.6 Å². The fourth-order valence-electron chi connectivity index (χ4n) is 9.41. The number of piperazine rings is 1. The lowest BCUT2D eigenvalue weighted by molar-refractivity contribution is -0.143. The summed E-state index contributed by atoms with van der Waals surface area (Å²) < 4.78 is 39.9. The lowest BCUT2D eigenvalue weighted by Crippen LogP contribution is -2.58. The summed E-state index contributed by atoms with van der Waals surface area (Å²) in [5.41, 5.74) is 9.80. The van der Waals surface area contributed by atoms with Crippen LogP contribution < -0.4 is 36.3 Å². The fourth-order valence-corrected chi connectivity index (χ4v) is 11.7. The topological polar surface area (TPSA) is 268 Å². The van der Waals surface area contributed by atoms with E-state index in [0.717, 1.165) is 64.8 Å². The highest BCUT2D eigenvalue weighted by Crippen LogP contribution is 2.32. The number of benzene rings is 3. The number of likely N-dealkylation sites (tertiary alicyclic amines) is 1. The van der Waals surface area contributed by atoms with Gasteiger partial charge in [0, 0.05) is 87.1 Å². The number of ether oxygens (including phenoxy) is 2. The van der Waals surface area contributed by atoms with Crippen LogP contribution in [0.1, 0.15) is 71.2 Å². The molecule has 5 aromatic rings. The molecule has 438 valence electrons. The molecular formula is C57H79N13O9S2. The van der Waals surface area contributed by atoms with Crippen molar-refractivity contribution in [2.45, 2.75) is 97.4 Å². The Kier molecular flexibility index (Phi) is 21.2. The molecule has 7 rings (SSSR count). The number of likely N-dealkylation sites (N-methyl/N-ethyl adjacent to an activating group) is 1. The monoisotopic (exact) mass is 1150 g/mol. The molecule has 22 nitrogen and oxygen atoms in total. The van der Waals surface area contributed by atoms with Gasteiger partial charge in [0.1, 0.15) is 11.9 Å². The van der Waals surface area contributed by atoms with E-state index in [-0.39, 0.29) is 79.9 Å². The number of nitrogens with zero attached hydrogens (tertiary/aromatic N) is 7. The zero-order valence-electron chi connectivity index (χ0n) is 47.8. The third kappa shape index (κ3) is 18.1. The van der Waals surface area contributed by atoms with Gasteiger partial charge in [-0.1, -0.05) is 51.1 Å². The van der Waals surface area contributed by atoms with Crippen molar-refractivity contribution < 1.29 is 42.5 Å². The quantitative estimate of drug-likeness (QED) is 0.0191. The van der Waals surface area contributed by atoms with Gasteiger partial charge in [0.25, 0.3) is 0 Å². The van der Waals surface area contributed by atoms with Crippen molar-refractivity contribution in [2.75, 3.05) is 94.8 Å². The number of hydrazine groups is 1. The normalized spacial score (nSPS) is 16.3. The smallest absolute Gasteiger partial charge is 0.246 e. The minimum atomic E-state index is -3.72. The number of hydrogen-bond acceptors (Lipinski definition) is 19. The number of aliphatic hydroxyl groups excluding tert-OH is 2. The van der Waals surface area contributed by atoms with Crippen LogP contribution >= 0.6 is 11.3 Å². The van der Waals surface area contributed by atoms with Gasteiger partial charge in [-0.15, -0.1) is 11.3 Å². The van der Waals surface area contributed by atoms with E-state index in [9.17, 15) is 33.0 Å². The first-order valence-electron chi connectivity index (χ1n) is 27.1. The second-order valence-corrected chi connectivity index (χ2v) is 24.9. The van der Waals surface area contributed by atoms with E-state index in [4.69, 9.17) is 9.47 Å². The first-order chi connectivity index (χ1) is 38.4. The molecule has 0 spiro atoms. The maximum Gasteiger partial charge on any atom is 0.246 e. The van der Waals surface area contributed by atoms with Crippen molar-refractivity contribution in [3.63, 3.8) is 0 Å². The molecule has 24 heteroatoms. The molecule has 2 aliphatic rings. The van der Waals surface area contributed by atoms with Crippen molar-refractivity contribution in [3.05, 3.63) is 113 Å². The molecule has 2 aliphatic heterocycles. The Hall–Kier alpha value is -6.77. The third-order valence-corrected chi connectivity index (χ3v) is 16.0. The summed E-state index contributed by atoms with van der Waals surface area (Å²) in [6.07, 6.45) is 0.949. The van der Waals surface area contributed by atoms with Crippen molar-refractivity contribution in [2.24, 2.45) is 5.41 Å². The molecule has 0 radical (unpaired) electrons. The lowest BCUT2D eigenvalue weighted by Gasteiger charge is -2.39. The number of hydrogen-bond donors (Lipinski definition) is 8. The number of thiazole rings is 1. The molecular weight excluding hydrogens is 1070 g/mol. The van der Waals surface area contributed by atoms with Gasteiger partial charge in [0.15, 0.2) is 0 Å². The first-order valence-corrected chi connectivity index (χ1v) is 29.5. The van der Waals surface area contributed by atoms with Crippen LogP contribution in [0.5, 0.6) is 0 Å². The number of anilines is 5. The van der Waals surface area contributed by atoms with Crippen molar-refractivity contribution in [1.29, 1.82) is 0 Å². The summed E-state index contributed by atoms with van der Waals surface area (Å²) in [6, 6.07) is 21.7. The number of aromatic nitrogens is 3. The van der Waals surface area contributed by atoms with Crippen LogP contribution in [0.2, 0.25) is 0 Å². The molecule has 8 N–H and O–H groups in total. The van der Waals surface area contributed by atoms with E-state index in [1.807, 2.05) is 88.7 Å². The van der Waals surface area contributed by atoms with Crippen molar-refractivity contribution >= 4 is 67.9 Å². The number of aliphatic hydroxyl groups is 2. The van der Waals surface area contributed by atoms with Gasteiger partial charge in [-0.2, -0.15) is 4.98 Å². The maximum atomic E-state index is 14.2. The number of aryl methyl sites for hydroxylation is 2. The summed E-state index contributed by atoms with van der Waals surface area (Å²) >= 11 is 1.58.